The average Bonchev–Trinajstić information content (AvgIpc) is 3.23. The van der Waals surface area contributed by atoms with Crippen molar-refractivity contribution in [2.75, 3.05) is 29.5 Å². The summed E-state index contributed by atoms with van der Waals surface area (Å²) in [6.07, 6.45) is 0.0148. The fourth-order valence-electron chi connectivity index (χ4n) is 4.37. The van der Waals surface area contributed by atoms with Crippen LogP contribution in [-0.2, 0) is 21.0 Å². The second-order valence-corrected chi connectivity index (χ2v) is 12.1. The lowest BCUT2D eigenvalue weighted by Gasteiger charge is -2.25. The third-order valence-electron chi connectivity index (χ3n) is 6.29. The fraction of sp³-hybridized carbons (Fsp3) is 0.400. The highest BCUT2D eigenvalue weighted by molar-refractivity contribution is 7.93. The maximum absolute atomic E-state index is 15.1. The molecule has 2 aliphatic rings. The Labute approximate surface area is 215 Å². The number of cyclic esters (lactones) is 1. The Balaban J connectivity index is 1.34. The quantitative estimate of drug-likeness (QED) is 0.537. The number of rotatable bonds is 6. The molecule has 0 radical (unpaired) electrons. The smallest absolute Gasteiger partial charge is 0.414 e. The summed E-state index contributed by atoms with van der Waals surface area (Å²) in [5, 5.41) is 5.65. The van der Waals surface area contributed by atoms with E-state index in [1.54, 1.807) is 19.1 Å². The van der Waals surface area contributed by atoms with Crippen molar-refractivity contribution in [3.05, 3.63) is 65.5 Å². The number of urea groups is 1. The van der Waals surface area contributed by atoms with Crippen molar-refractivity contribution in [3.8, 4) is 0 Å². The maximum atomic E-state index is 15.1. The zero-order valence-electron chi connectivity index (χ0n) is 19.9. The van der Waals surface area contributed by atoms with E-state index in [1.807, 2.05) is 30.3 Å². The first-order valence-electron chi connectivity index (χ1n) is 11.8. The molecular weight excluding hydrogens is 503 g/mol. The van der Waals surface area contributed by atoms with Crippen LogP contribution < -0.4 is 15.5 Å². The summed E-state index contributed by atoms with van der Waals surface area (Å²) in [7, 11) is -2.69. The van der Waals surface area contributed by atoms with Crippen molar-refractivity contribution in [1.29, 1.82) is 0 Å². The van der Waals surface area contributed by atoms with Crippen LogP contribution in [0.25, 0.3) is 0 Å². The maximum Gasteiger partial charge on any atom is 0.414 e. The Morgan fingerprint density at radius 3 is 2.58 bits per heavy atom. The van der Waals surface area contributed by atoms with Gasteiger partial charge in [-0.05, 0) is 48.9 Å². The molecule has 3 amide bonds. The van der Waals surface area contributed by atoms with Crippen molar-refractivity contribution in [1.82, 2.24) is 10.6 Å². The molecule has 8 nitrogen and oxygen atoms in total. The summed E-state index contributed by atoms with van der Waals surface area (Å²) in [4.78, 5) is 26.5. The first-order valence-corrected chi connectivity index (χ1v) is 14.0. The minimum Gasteiger partial charge on any atom is -0.442 e. The lowest BCUT2D eigenvalue weighted by atomic mass is 9.93. The summed E-state index contributed by atoms with van der Waals surface area (Å²) < 4.78 is 37.4. The van der Waals surface area contributed by atoms with E-state index >= 15 is 4.39 Å². The van der Waals surface area contributed by atoms with Crippen LogP contribution in [0.5, 0.6) is 0 Å². The summed E-state index contributed by atoms with van der Waals surface area (Å²) >= 11 is 4.98. The number of benzene rings is 2. The molecular formula is C25H29FN4O4S2. The standard InChI is InChI=1S/C25H29FN4O4S2/c1-17(35)27-15-21-16-30(25(32)34-21)20-7-8-22(23(26)13-20)19-9-11-36(33,12-10-19)29-24(31)28-14-18-5-3-2-4-6-18/h2-8,13,19,21H,9-12,14-16H2,1H3,(H,27,35)(H,28,31)/t19?,21-,36?/m0/s1. The zero-order chi connectivity index (χ0) is 25.7. The normalized spacial score (nSPS) is 23.6. The first-order chi connectivity index (χ1) is 17.2. The number of nitrogens with one attached hydrogen (secondary N) is 2. The number of thiocarbonyl (C=S) groups is 1. The predicted molar refractivity (Wildman–Crippen MR) is 141 cm³/mol. The number of amides is 3. The Morgan fingerprint density at radius 1 is 1.19 bits per heavy atom. The van der Waals surface area contributed by atoms with Gasteiger partial charge in [-0.25, -0.2) is 18.2 Å². The number of carbonyl (C=O) groups excluding carboxylic acids is 2. The van der Waals surface area contributed by atoms with Crippen LogP contribution in [0.2, 0.25) is 0 Å². The third kappa shape index (κ3) is 6.58. The minimum absolute atomic E-state index is 0.135. The molecule has 2 aliphatic heterocycles. The van der Waals surface area contributed by atoms with Gasteiger partial charge in [0.1, 0.15) is 11.9 Å². The van der Waals surface area contributed by atoms with Gasteiger partial charge in [0.2, 0.25) is 0 Å². The SMILES string of the molecule is CC(=S)NC[C@H]1CN(c2ccc(C3CCS(=O)(=NC(=O)NCc4ccccc4)CC3)c(F)c2)C(=O)O1. The molecule has 2 aromatic carbocycles. The molecule has 192 valence electrons. The van der Waals surface area contributed by atoms with Crippen molar-refractivity contribution >= 4 is 44.7 Å². The van der Waals surface area contributed by atoms with E-state index in [0.717, 1.165) is 5.56 Å². The minimum atomic E-state index is -2.69. The van der Waals surface area contributed by atoms with Crippen LogP contribution in [0.4, 0.5) is 19.7 Å². The van der Waals surface area contributed by atoms with Crippen molar-refractivity contribution < 1.29 is 22.9 Å². The number of nitrogens with zero attached hydrogens (tertiary/aromatic N) is 2. The third-order valence-corrected chi connectivity index (χ3v) is 8.68. The number of anilines is 1. The van der Waals surface area contributed by atoms with Crippen LogP contribution in [0, 0.1) is 5.82 Å². The molecule has 4 rings (SSSR count). The molecule has 0 saturated carbocycles. The molecule has 0 bridgehead atoms. The Bertz CT molecular complexity index is 1250. The number of halogens is 1. The van der Waals surface area contributed by atoms with Crippen LogP contribution in [0.1, 0.15) is 36.8 Å². The van der Waals surface area contributed by atoms with E-state index in [2.05, 4.69) is 15.0 Å². The fourth-order valence-corrected chi connectivity index (χ4v) is 6.51. The van der Waals surface area contributed by atoms with E-state index in [9.17, 15) is 13.8 Å². The van der Waals surface area contributed by atoms with E-state index in [1.165, 1.54) is 11.0 Å². The van der Waals surface area contributed by atoms with Gasteiger partial charge in [0.05, 0.1) is 33.5 Å². The second-order valence-electron chi connectivity index (χ2n) is 8.95. The predicted octanol–water partition coefficient (Wildman–Crippen LogP) is 4.34. The number of hydrogen-bond acceptors (Lipinski definition) is 5. The van der Waals surface area contributed by atoms with E-state index in [0.29, 0.717) is 48.7 Å². The summed E-state index contributed by atoms with van der Waals surface area (Å²) in [6, 6.07) is 13.5. The highest BCUT2D eigenvalue weighted by Gasteiger charge is 2.33. The van der Waals surface area contributed by atoms with Crippen LogP contribution in [0.15, 0.2) is 52.9 Å². The van der Waals surface area contributed by atoms with Crippen LogP contribution in [-0.4, -0.2) is 52.0 Å². The lowest BCUT2D eigenvalue weighted by Crippen LogP contribution is -2.32. The Kier molecular flexibility index (Phi) is 8.20. The zero-order valence-corrected chi connectivity index (χ0v) is 21.6. The molecule has 2 N–H and O–H groups in total. The molecule has 0 aliphatic carbocycles. The van der Waals surface area contributed by atoms with Gasteiger partial charge in [0, 0.05) is 18.1 Å². The Hall–Kier alpha value is -3.05. The molecule has 11 heteroatoms. The lowest BCUT2D eigenvalue weighted by molar-refractivity contribution is 0.143. The molecule has 1 atom stereocenters. The molecule has 2 aromatic rings. The van der Waals surface area contributed by atoms with Gasteiger partial charge < -0.3 is 15.4 Å². The molecule has 0 aromatic heterocycles. The van der Waals surface area contributed by atoms with Gasteiger partial charge in [-0.1, -0.05) is 48.6 Å². The van der Waals surface area contributed by atoms with Crippen molar-refractivity contribution in [2.45, 2.75) is 38.3 Å². The van der Waals surface area contributed by atoms with Gasteiger partial charge >= 0.3 is 12.1 Å². The molecule has 0 spiro atoms. The monoisotopic (exact) mass is 532 g/mol. The highest BCUT2D eigenvalue weighted by atomic mass is 32.2. The topological polar surface area (TPSA) is 100 Å². The van der Waals surface area contributed by atoms with Gasteiger partial charge in [0.25, 0.3) is 0 Å². The summed E-state index contributed by atoms with van der Waals surface area (Å²) in [5.41, 5.74) is 1.86. The van der Waals surface area contributed by atoms with Gasteiger partial charge in [0.15, 0.2) is 0 Å². The average molecular weight is 533 g/mol. The number of carbonyl (C=O) groups is 2. The van der Waals surface area contributed by atoms with Crippen molar-refractivity contribution in [3.63, 3.8) is 0 Å². The molecule has 0 unspecified atom stereocenters. The van der Waals surface area contributed by atoms with Crippen molar-refractivity contribution in [2.24, 2.45) is 4.36 Å². The van der Waals surface area contributed by atoms with Crippen LogP contribution >= 0.6 is 12.2 Å². The van der Waals surface area contributed by atoms with E-state index in [-0.39, 0.29) is 23.5 Å². The van der Waals surface area contributed by atoms with Gasteiger partial charge in [-0.3, -0.25) is 4.90 Å². The van der Waals surface area contributed by atoms with E-state index < -0.39 is 27.7 Å². The van der Waals surface area contributed by atoms with Gasteiger partial charge in [-0.2, -0.15) is 0 Å². The first kappa shape index (κ1) is 26.0. The number of ether oxygens (including phenoxy) is 1. The molecule has 2 saturated heterocycles. The second kappa shape index (κ2) is 11.3. The molecule has 2 fully saturated rings. The molecule has 2 heterocycles. The molecule has 36 heavy (non-hydrogen) atoms. The van der Waals surface area contributed by atoms with Gasteiger partial charge in [-0.15, -0.1) is 4.36 Å². The summed E-state index contributed by atoms with van der Waals surface area (Å²) in [6.45, 7) is 2.75. The van der Waals surface area contributed by atoms with E-state index in [4.69, 9.17) is 17.0 Å². The Morgan fingerprint density at radius 2 is 1.92 bits per heavy atom. The van der Waals surface area contributed by atoms with Crippen LogP contribution in [0.3, 0.4) is 0 Å². The summed E-state index contributed by atoms with van der Waals surface area (Å²) in [5.74, 6) is -0.106. The largest absolute Gasteiger partial charge is 0.442 e. The highest BCUT2D eigenvalue weighted by Crippen LogP contribution is 2.34. The number of hydrogen-bond donors (Lipinski definition) is 2.